The highest BCUT2D eigenvalue weighted by Crippen LogP contribution is 2.34. The molecule has 1 aliphatic heterocycles. The Hall–Kier alpha value is -2.54. The van der Waals surface area contributed by atoms with E-state index in [-0.39, 0.29) is 23.6 Å². The van der Waals surface area contributed by atoms with Crippen molar-refractivity contribution in [1.29, 1.82) is 0 Å². The standard InChI is InChI=1S/C17H18FN3O3/c1-23-16-3-2-10(18)6-12(16)14-7-15(21-9-20-14)13-8-24-5-4-11(13)17(19)22/h2-3,6-7,9,11,13H,4-5,8H2,1H3,(H2,19,22). The average molecular weight is 331 g/mol. The largest absolute Gasteiger partial charge is 0.496 e. The summed E-state index contributed by atoms with van der Waals surface area (Å²) in [5.74, 6) is -0.824. The van der Waals surface area contributed by atoms with Gasteiger partial charge in [0.25, 0.3) is 0 Å². The molecule has 1 aliphatic rings. The van der Waals surface area contributed by atoms with Gasteiger partial charge in [0, 0.05) is 18.1 Å². The van der Waals surface area contributed by atoms with Crippen LogP contribution in [0.3, 0.4) is 0 Å². The molecule has 0 bridgehead atoms. The van der Waals surface area contributed by atoms with Gasteiger partial charge in [-0.1, -0.05) is 0 Å². The molecule has 24 heavy (non-hydrogen) atoms. The number of nitrogens with zero attached hydrogens (tertiary/aromatic N) is 2. The third-order valence-electron chi connectivity index (χ3n) is 4.23. The van der Waals surface area contributed by atoms with Crippen molar-refractivity contribution in [2.75, 3.05) is 20.3 Å². The first-order valence-electron chi connectivity index (χ1n) is 7.63. The van der Waals surface area contributed by atoms with Crippen molar-refractivity contribution in [1.82, 2.24) is 9.97 Å². The van der Waals surface area contributed by atoms with Gasteiger partial charge in [-0.05, 0) is 30.7 Å². The van der Waals surface area contributed by atoms with Crippen molar-refractivity contribution >= 4 is 5.91 Å². The van der Waals surface area contributed by atoms with Crippen LogP contribution in [-0.2, 0) is 9.53 Å². The highest BCUT2D eigenvalue weighted by molar-refractivity contribution is 5.78. The minimum Gasteiger partial charge on any atom is -0.496 e. The van der Waals surface area contributed by atoms with E-state index in [0.717, 1.165) is 0 Å². The number of nitrogens with two attached hydrogens (primary N) is 1. The molecule has 0 radical (unpaired) electrons. The number of hydrogen-bond donors (Lipinski definition) is 1. The molecule has 2 heterocycles. The predicted molar refractivity (Wildman–Crippen MR) is 84.8 cm³/mol. The normalized spacial score (nSPS) is 20.6. The van der Waals surface area contributed by atoms with E-state index in [1.165, 1.54) is 25.6 Å². The van der Waals surface area contributed by atoms with Gasteiger partial charge in [-0.25, -0.2) is 14.4 Å². The van der Waals surface area contributed by atoms with Crippen LogP contribution in [-0.4, -0.2) is 36.2 Å². The molecule has 3 rings (SSSR count). The van der Waals surface area contributed by atoms with Crippen molar-refractivity contribution in [3.63, 3.8) is 0 Å². The SMILES string of the molecule is COc1ccc(F)cc1-c1cc(C2COCCC2C(N)=O)ncn1. The first-order valence-corrected chi connectivity index (χ1v) is 7.63. The van der Waals surface area contributed by atoms with Crippen molar-refractivity contribution in [2.45, 2.75) is 12.3 Å². The van der Waals surface area contributed by atoms with E-state index in [1.54, 1.807) is 12.1 Å². The lowest BCUT2D eigenvalue weighted by atomic mass is 9.85. The molecule has 2 unspecified atom stereocenters. The number of methoxy groups -OCH3 is 1. The molecule has 6 nitrogen and oxygen atoms in total. The summed E-state index contributed by atoms with van der Waals surface area (Å²) in [6, 6.07) is 5.95. The second-order valence-electron chi connectivity index (χ2n) is 5.65. The maximum Gasteiger partial charge on any atom is 0.221 e. The predicted octanol–water partition coefficient (Wildman–Crippen LogP) is 1.90. The Labute approximate surface area is 138 Å². The van der Waals surface area contributed by atoms with Gasteiger partial charge in [0.2, 0.25) is 5.91 Å². The molecule has 2 atom stereocenters. The Kier molecular flexibility index (Phi) is 4.71. The Morgan fingerprint density at radius 1 is 1.38 bits per heavy atom. The molecule has 0 saturated carbocycles. The minimum absolute atomic E-state index is 0.238. The first-order chi connectivity index (χ1) is 11.6. The van der Waals surface area contributed by atoms with E-state index in [0.29, 0.717) is 42.3 Å². The fourth-order valence-electron chi connectivity index (χ4n) is 2.97. The quantitative estimate of drug-likeness (QED) is 0.924. The lowest BCUT2D eigenvalue weighted by molar-refractivity contribution is -0.125. The van der Waals surface area contributed by atoms with Crippen LogP contribution in [0.15, 0.2) is 30.6 Å². The molecule has 2 aromatic rings. The summed E-state index contributed by atoms with van der Waals surface area (Å²) in [5.41, 5.74) is 7.19. The van der Waals surface area contributed by atoms with Crippen LogP contribution in [0.25, 0.3) is 11.3 Å². The van der Waals surface area contributed by atoms with Gasteiger partial charge in [-0.3, -0.25) is 4.79 Å². The van der Waals surface area contributed by atoms with E-state index < -0.39 is 0 Å². The second kappa shape index (κ2) is 6.92. The number of amides is 1. The number of benzene rings is 1. The molecule has 1 aromatic heterocycles. The van der Waals surface area contributed by atoms with Gasteiger partial charge >= 0.3 is 0 Å². The molecular weight excluding hydrogens is 313 g/mol. The van der Waals surface area contributed by atoms with E-state index in [9.17, 15) is 9.18 Å². The number of aromatic nitrogens is 2. The number of carbonyl (C=O) groups is 1. The zero-order valence-corrected chi connectivity index (χ0v) is 13.2. The van der Waals surface area contributed by atoms with Gasteiger partial charge in [-0.15, -0.1) is 0 Å². The van der Waals surface area contributed by atoms with Crippen LogP contribution >= 0.6 is 0 Å². The van der Waals surface area contributed by atoms with Gasteiger partial charge < -0.3 is 15.2 Å². The number of carbonyl (C=O) groups excluding carboxylic acids is 1. The highest BCUT2D eigenvalue weighted by Gasteiger charge is 2.32. The van der Waals surface area contributed by atoms with E-state index in [4.69, 9.17) is 15.2 Å². The lowest BCUT2D eigenvalue weighted by Gasteiger charge is -2.29. The van der Waals surface area contributed by atoms with Crippen LogP contribution in [0.1, 0.15) is 18.0 Å². The summed E-state index contributed by atoms with van der Waals surface area (Å²) in [7, 11) is 1.51. The molecule has 0 aliphatic carbocycles. The first kappa shape index (κ1) is 16.3. The fourth-order valence-corrected chi connectivity index (χ4v) is 2.97. The van der Waals surface area contributed by atoms with Crippen LogP contribution in [0.2, 0.25) is 0 Å². The molecule has 1 aromatic carbocycles. The maximum atomic E-state index is 13.6. The molecule has 1 saturated heterocycles. The topological polar surface area (TPSA) is 87.3 Å². The van der Waals surface area contributed by atoms with Gasteiger partial charge in [0.1, 0.15) is 17.9 Å². The fraction of sp³-hybridized carbons (Fsp3) is 0.353. The molecule has 1 fully saturated rings. The van der Waals surface area contributed by atoms with Crippen LogP contribution in [0, 0.1) is 11.7 Å². The van der Waals surface area contributed by atoms with Gasteiger partial charge in [0.05, 0.1) is 31.0 Å². The Morgan fingerprint density at radius 3 is 2.96 bits per heavy atom. The smallest absolute Gasteiger partial charge is 0.221 e. The monoisotopic (exact) mass is 331 g/mol. The number of ether oxygens (including phenoxy) is 2. The highest BCUT2D eigenvalue weighted by atomic mass is 19.1. The summed E-state index contributed by atoms with van der Waals surface area (Å²) in [4.78, 5) is 20.2. The zero-order chi connectivity index (χ0) is 17.1. The third kappa shape index (κ3) is 3.21. The van der Waals surface area contributed by atoms with Gasteiger partial charge in [-0.2, -0.15) is 0 Å². The summed E-state index contributed by atoms with van der Waals surface area (Å²) >= 11 is 0. The van der Waals surface area contributed by atoms with Crippen molar-refractivity contribution in [2.24, 2.45) is 11.7 Å². The molecule has 7 heteroatoms. The third-order valence-corrected chi connectivity index (χ3v) is 4.23. The van der Waals surface area contributed by atoms with E-state index >= 15 is 0 Å². The summed E-state index contributed by atoms with van der Waals surface area (Å²) in [6.07, 6.45) is 1.95. The number of primary amides is 1. The Balaban J connectivity index is 2.00. The molecule has 1 amide bonds. The summed E-state index contributed by atoms with van der Waals surface area (Å²) < 4.78 is 24.4. The van der Waals surface area contributed by atoms with Crippen molar-refractivity contribution in [3.05, 3.63) is 42.1 Å². The minimum atomic E-state index is -0.387. The molecule has 2 N–H and O–H groups in total. The number of rotatable bonds is 4. The van der Waals surface area contributed by atoms with E-state index in [2.05, 4.69) is 9.97 Å². The van der Waals surface area contributed by atoms with Crippen molar-refractivity contribution < 1.29 is 18.7 Å². The zero-order valence-electron chi connectivity index (χ0n) is 13.2. The van der Waals surface area contributed by atoms with Crippen LogP contribution in [0.4, 0.5) is 4.39 Å². The summed E-state index contributed by atoms with van der Waals surface area (Å²) in [5, 5.41) is 0. The lowest BCUT2D eigenvalue weighted by Crippen LogP contribution is -2.36. The van der Waals surface area contributed by atoms with Gasteiger partial charge in [0.15, 0.2) is 0 Å². The number of hydrogen-bond acceptors (Lipinski definition) is 5. The van der Waals surface area contributed by atoms with Crippen LogP contribution < -0.4 is 10.5 Å². The molecule has 0 spiro atoms. The van der Waals surface area contributed by atoms with Crippen LogP contribution in [0.5, 0.6) is 5.75 Å². The molecular formula is C17H18FN3O3. The average Bonchev–Trinajstić information content (AvgIpc) is 2.61. The maximum absolute atomic E-state index is 13.6. The summed E-state index contributed by atoms with van der Waals surface area (Å²) in [6.45, 7) is 0.865. The Morgan fingerprint density at radius 2 is 2.21 bits per heavy atom. The van der Waals surface area contributed by atoms with E-state index in [1.807, 2.05) is 0 Å². The van der Waals surface area contributed by atoms with Crippen molar-refractivity contribution in [3.8, 4) is 17.0 Å². The number of halogens is 1. The molecule has 126 valence electrons. The Bertz CT molecular complexity index is 754. The second-order valence-corrected chi connectivity index (χ2v) is 5.65.